The highest BCUT2D eigenvalue weighted by Gasteiger charge is 2.45. The highest BCUT2D eigenvalue weighted by atomic mass is 14.7. The summed E-state index contributed by atoms with van der Waals surface area (Å²) in [5.41, 5.74) is 6.17. The van der Waals surface area contributed by atoms with E-state index in [0.717, 1.165) is 23.7 Å². The fourth-order valence-electron chi connectivity index (χ4n) is 3.30. The van der Waals surface area contributed by atoms with Crippen LogP contribution < -0.4 is 5.73 Å². The molecule has 2 bridgehead atoms. The molecule has 0 aliphatic heterocycles. The molecule has 2 fully saturated rings. The Kier molecular flexibility index (Phi) is 1.71. The van der Waals surface area contributed by atoms with E-state index in [1.807, 2.05) is 0 Å². The average Bonchev–Trinajstić information content (AvgIpc) is 2.19. The van der Waals surface area contributed by atoms with Gasteiger partial charge in [0.25, 0.3) is 0 Å². The summed E-state index contributed by atoms with van der Waals surface area (Å²) in [5, 5.41) is 0. The van der Waals surface area contributed by atoms with Gasteiger partial charge in [-0.15, -0.1) is 0 Å². The third-order valence-corrected chi connectivity index (χ3v) is 4.24. The molecule has 2 aliphatic carbocycles. The van der Waals surface area contributed by atoms with Crippen LogP contribution in [0.25, 0.3) is 0 Å². The Morgan fingerprint density at radius 3 is 1.82 bits per heavy atom. The summed E-state index contributed by atoms with van der Waals surface area (Å²) in [4.78, 5) is 0. The molecule has 0 aromatic heterocycles. The molecule has 0 spiro atoms. The SMILES string of the molecule is C[C@@H]1C2CCCC(C2N)[C@@H]1C. The Bertz CT molecular complexity index is 131. The highest BCUT2D eigenvalue weighted by molar-refractivity contribution is 4.98. The quantitative estimate of drug-likeness (QED) is 0.566. The fourth-order valence-corrected chi connectivity index (χ4v) is 3.30. The van der Waals surface area contributed by atoms with Crippen molar-refractivity contribution in [3.63, 3.8) is 0 Å². The second kappa shape index (κ2) is 2.48. The first-order valence-electron chi connectivity index (χ1n) is 4.97. The molecule has 0 amide bonds. The van der Waals surface area contributed by atoms with Gasteiger partial charge in [0.2, 0.25) is 0 Å². The monoisotopic (exact) mass is 153 g/mol. The van der Waals surface area contributed by atoms with Crippen molar-refractivity contribution in [3.8, 4) is 0 Å². The molecular weight excluding hydrogens is 134 g/mol. The standard InChI is InChI=1S/C10H19N/c1-6-7(2)9-5-3-4-8(6)10(9)11/h6-10H,3-5,11H2,1-2H3/t6-,7+,8?,9?,10?. The zero-order chi connectivity index (χ0) is 8.01. The van der Waals surface area contributed by atoms with Gasteiger partial charge in [-0.1, -0.05) is 20.3 Å². The Hall–Kier alpha value is -0.0400. The van der Waals surface area contributed by atoms with Crippen molar-refractivity contribution in [1.29, 1.82) is 0 Å². The van der Waals surface area contributed by atoms with Gasteiger partial charge in [0.1, 0.15) is 0 Å². The van der Waals surface area contributed by atoms with Crippen LogP contribution >= 0.6 is 0 Å². The number of rotatable bonds is 0. The topological polar surface area (TPSA) is 26.0 Å². The minimum Gasteiger partial charge on any atom is -0.327 e. The molecular formula is C10H19N. The van der Waals surface area contributed by atoms with E-state index in [9.17, 15) is 0 Å². The molecule has 11 heavy (non-hydrogen) atoms. The van der Waals surface area contributed by atoms with Crippen LogP contribution in [0.4, 0.5) is 0 Å². The lowest BCUT2D eigenvalue weighted by Gasteiger charge is -2.27. The van der Waals surface area contributed by atoms with Crippen molar-refractivity contribution in [2.45, 2.75) is 39.2 Å². The maximum Gasteiger partial charge on any atom is 0.0101 e. The number of hydrogen-bond acceptors (Lipinski definition) is 1. The van der Waals surface area contributed by atoms with E-state index in [1.165, 1.54) is 19.3 Å². The van der Waals surface area contributed by atoms with Crippen molar-refractivity contribution in [1.82, 2.24) is 0 Å². The van der Waals surface area contributed by atoms with Crippen LogP contribution in [0.2, 0.25) is 0 Å². The normalized spacial score (nSPS) is 56.5. The Labute approximate surface area is 69.4 Å². The van der Waals surface area contributed by atoms with Gasteiger partial charge in [0, 0.05) is 6.04 Å². The van der Waals surface area contributed by atoms with Gasteiger partial charge >= 0.3 is 0 Å². The summed E-state index contributed by atoms with van der Waals surface area (Å²) >= 11 is 0. The molecule has 0 saturated heterocycles. The van der Waals surface area contributed by atoms with Crippen molar-refractivity contribution < 1.29 is 0 Å². The second-order valence-electron chi connectivity index (χ2n) is 4.55. The van der Waals surface area contributed by atoms with Crippen LogP contribution in [0.3, 0.4) is 0 Å². The van der Waals surface area contributed by atoms with E-state index < -0.39 is 0 Å². The molecule has 0 radical (unpaired) electrons. The Morgan fingerprint density at radius 1 is 1.00 bits per heavy atom. The maximum atomic E-state index is 6.17. The average molecular weight is 153 g/mol. The highest BCUT2D eigenvalue weighted by Crippen LogP contribution is 2.48. The summed E-state index contributed by atoms with van der Waals surface area (Å²) in [6, 6.07) is 0.536. The fraction of sp³-hybridized carbons (Fsp3) is 1.00. The van der Waals surface area contributed by atoms with Crippen LogP contribution in [0.1, 0.15) is 33.1 Å². The van der Waals surface area contributed by atoms with Crippen molar-refractivity contribution >= 4 is 0 Å². The van der Waals surface area contributed by atoms with Gasteiger partial charge in [-0.2, -0.15) is 0 Å². The molecule has 3 unspecified atom stereocenters. The molecule has 5 atom stereocenters. The second-order valence-corrected chi connectivity index (χ2v) is 4.55. The number of nitrogens with two attached hydrogens (primary N) is 1. The lowest BCUT2D eigenvalue weighted by atomic mass is 9.83. The van der Waals surface area contributed by atoms with Crippen LogP contribution in [0.15, 0.2) is 0 Å². The predicted octanol–water partition coefficient (Wildman–Crippen LogP) is 2.02. The Balaban J connectivity index is 2.21. The van der Waals surface area contributed by atoms with Crippen molar-refractivity contribution in [2.75, 3.05) is 0 Å². The molecule has 0 aromatic rings. The third-order valence-electron chi connectivity index (χ3n) is 4.24. The molecule has 0 heterocycles. The van der Waals surface area contributed by atoms with E-state index in [1.54, 1.807) is 0 Å². The zero-order valence-electron chi connectivity index (χ0n) is 7.59. The first-order valence-corrected chi connectivity index (χ1v) is 4.97. The van der Waals surface area contributed by atoms with Gasteiger partial charge in [-0.05, 0) is 36.5 Å². The molecule has 1 nitrogen and oxygen atoms in total. The third kappa shape index (κ3) is 0.936. The van der Waals surface area contributed by atoms with E-state index in [0.29, 0.717) is 6.04 Å². The molecule has 2 saturated carbocycles. The van der Waals surface area contributed by atoms with Gasteiger partial charge in [-0.25, -0.2) is 0 Å². The van der Waals surface area contributed by atoms with Crippen LogP contribution in [0, 0.1) is 23.7 Å². The summed E-state index contributed by atoms with van der Waals surface area (Å²) in [6.07, 6.45) is 4.21. The van der Waals surface area contributed by atoms with E-state index in [4.69, 9.17) is 5.73 Å². The first-order chi connectivity index (χ1) is 5.22. The summed E-state index contributed by atoms with van der Waals surface area (Å²) in [7, 11) is 0. The number of hydrogen-bond donors (Lipinski definition) is 1. The number of fused-ring (bicyclic) bond motifs is 2. The molecule has 2 aliphatic rings. The molecule has 2 rings (SSSR count). The lowest BCUT2D eigenvalue weighted by molar-refractivity contribution is 0.281. The minimum atomic E-state index is 0.536. The first kappa shape index (κ1) is 7.60. The summed E-state index contributed by atoms with van der Waals surface area (Å²) < 4.78 is 0. The molecule has 1 heteroatoms. The lowest BCUT2D eigenvalue weighted by Crippen LogP contribution is -2.35. The van der Waals surface area contributed by atoms with E-state index in [2.05, 4.69) is 13.8 Å². The summed E-state index contributed by atoms with van der Waals surface area (Å²) in [5.74, 6) is 3.47. The van der Waals surface area contributed by atoms with Crippen LogP contribution in [-0.4, -0.2) is 6.04 Å². The maximum absolute atomic E-state index is 6.17. The van der Waals surface area contributed by atoms with Gasteiger partial charge in [0.15, 0.2) is 0 Å². The zero-order valence-corrected chi connectivity index (χ0v) is 7.59. The van der Waals surface area contributed by atoms with Crippen LogP contribution in [0.5, 0.6) is 0 Å². The van der Waals surface area contributed by atoms with Crippen LogP contribution in [-0.2, 0) is 0 Å². The molecule has 2 N–H and O–H groups in total. The molecule has 0 aromatic carbocycles. The van der Waals surface area contributed by atoms with Crippen molar-refractivity contribution in [3.05, 3.63) is 0 Å². The van der Waals surface area contributed by atoms with Gasteiger partial charge in [0.05, 0.1) is 0 Å². The van der Waals surface area contributed by atoms with Gasteiger partial charge < -0.3 is 5.73 Å². The largest absolute Gasteiger partial charge is 0.327 e. The van der Waals surface area contributed by atoms with Gasteiger partial charge in [-0.3, -0.25) is 0 Å². The van der Waals surface area contributed by atoms with E-state index >= 15 is 0 Å². The van der Waals surface area contributed by atoms with E-state index in [-0.39, 0.29) is 0 Å². The minimum absolute atomic E-state index is 0.536. The molecule has 64 valence electrons. The smallest absolute Gasteiger partial charge is 0.0101 e. The summed E-state index contributed by atoms with van der Waals surface area (Å²) in [6.45, 7) is 4.78. The predicted molar refractivity (Wildman–Crippen MR) is 47.1 cm³/mol. The van der Waals surface area contributed by atoms with Crippen molar-refractivity contribution in [2.24, 2.45) is 29.4 Å². The Morgan fingerprint density at radius 2 is 1.45 bits per heavy atom.